The Morgan fingerprint density at radius 2 is 1.59 bits per heavy atom. The molecule has 4 rings (SSSR count). The Morgan fingerprint density at radius 1 is 0.889 bits per heavy atom. The zero-order valence-corrected chi connectivity index (χ0v) is 16.1. The fourth-order valence-electron chi connectivity index (χ4n) is 4.87. The van der Waals surface area contributed by atoms with Crippen LogP contribution in [0.4, 0.5) is 8.78 Å². The quantitative estimate of drug-likeness (QED) is 0.525. The van der Waals surface area contributed by atoms with Gasteiger partial charge in [-0.15, -0.1) is 0 Å². The van der Waals surface area contributed by atoms with Gasteiger partial charge in [-0.1, -0.05) is 50.1 Å². The molecule has 2 aliphatic rings. The second-order valence-electron chi connectivity index (χ2n) is 8.26. The minimum absolute atomic E-state index is 0.699. The first kappa shape index (κ1) is 18.4. The zero-order chi connectivity index (χ0) is 18.8. The lowest BCUT2D eigenvalue weighted by atomic mass is 9.77. The van der Waals surface area contributed by atoms with Gasteiger partial charge in [0, 0.05) is 0 Å². The molecule has 0 unspecified atom stereocenters. The van der Waals surface area contributed by atoms with Crippen molar-refractivity contribution in [2.45, 2.75) is 64.2 Å². The van der Waals surface area contributed by atoms with E-state index < -0.39 is 11.6 Å². The van der Waals surface area contributed by atoms with E-state index in [-0.39, 0.29) is 0 Å². The van der Waals surface area contributed by atoms with Gasteiger partial charge < -0.3 is 0 Å². The molecule has 2 heteroatoms. The van der Waals surface area contributed by atoms with Crippen LogP contribution in [0, 0.1) is 17.6 Å². The van der Waals surface area contributed by atoms with E-state index in [0.29, 0.717) is 5.92 Å². The van der Waals surface area contributed by atoms with Crippen LogP contribution < -0.4 is 0 Å². The van der Waals surface area contributed by atoms with Crippen LogP contribution in [-0.4, -0.2) is 0 Å². The van der Waals surface area contributed by atoms with Gasteiger partial charge in [-0.25, -0.2) is 8.78 Å². The summed E-state index contributed by atoms with van der Waals surface area (Å²) in [6.45, 7) is 2.29. The summed E-state index contributed by atoms with van der Waals surface area (Å²) in [6.07, 6.45) is 11.7. The molecule has 0 saturated heterocycles. The third-order valence-corrected chi connectivity index (χ3v) is 6.47. The van der Waals surface area contributed by atoms with Crippen molar-refractivity contribution in [3.05, 3.63) is 70.3 Å². The molecule has 0 atom stereocenters. The summed E-state index contributed by atoms with van der Waals surface area (Å²) in [5.74, 6) is 0.123. The van der Waals surface area contributed by atoms with Crippen molar-refractivity contribution in [3.63, 3.8) is 0 Å². The fourth-order valence-corrected chi connectivity index (χ4v) is 4.87. The maximum atomic E-state index is 13.6. The van der Waals surface area contributed by atoms with Crippen LogP contribution in [0.5, 0.6) is 0 Å². The molecule has 0 radical (unpaired) electrons. The van der Waals surface area contributed by atoms with Crippen LogP contribution in [0.25, 0.3) is 11.6 Å². The number of halogens is 2. The van der Waals surface area contributed by atoms with Crippen molar-refractivity contribution in [1.82, 2.24) is 0 Å². The van der Waals surface area contributed by atoms with Gasteiger partial charge in [0.25, 0.3) is 0 Å². The summed E-state index contributed by atoms with van der Waals surface area (Å²) < 4.78 is 27.0. The van der Waals surface area contributed by atoms with E-state index in [1.807, 2.05) is 6.08 Å². The molecule has 1 fully saturated rings. The highest BCUT2D eigenvalue weighted by Gasteiger charge is 2.22. The monoisotopic (exact) mass is 366 g/mol. The third kappa shape index (κ3) is 4.00. The zero-order valence-electron chi connectivity index (χ0n) is 16.1. The van der Waals surface area contributed by atoms with Gasteiger partial charge >= 0.3 is 0 Å². The van der Waals surface area contributed by atoms with Crippen LogP contribution in [-0.2, 0) is 6.42 Å². The lowest BCUT2D eigenvalue weighted by Crippen LogP contribution is -2.13. The molecule has 0 amide bonds. The number of hydrogen-bond acceptors (Lipinski definition) is 0. The largest absolute Gasteiger partial charge is 0.204 e. The number of aryl methyl sites for hydroxylation is 1. The number of hydrogen-bond donors (Lipinski definition) is 0. The number of benzene rings is 2. The second kappa shape index (κ2) is 7.96. The normalized spacial score (nSPS) is 22.3. The van der Waals surface area contributed by atoms with E-state index in [0.717, 1.165) is 29.9 Å². The van der Waals surface area contributed by atoms with Gasteiger partial charge in [0.15, 0.2) is 11.6 Å². The molecule has 0 heterocycles. The highest BCUT2D eigenvalue weighted by atomic mass is 19.2. The molecule has 2 aliphatic carbocycles. The maximum Gasteiger partial charge on any atom is 0.159 e. The van der Waals surface area contributed by atoms with Gasteiger partial charge in [-0.3, -0.25) is 0 Å². The van der Waals surface area contributed by atoms with Gasteiger partial charge in [0.2, 0.25) is 0 Å². The van der Waals surface area contributed by atoms with Crippen molar-refractivity contribution in [2.24, 2.45) is 5.92 Å². The number of fused-ring (bicyclic) bond motifs is 1. The SMILES string of the molecule is CCCC1CCC(c2ccc(C3=Cc4cc(F)c(F)cc4CC3)cc2)CC1. The third-order valence-electron chi connectivity index (χ3n) is 6.47. The Labute approximate surface area is 161 Å². The van der Waals surface area contributed by atoms with Crippen molar-refractivity contribution in [2.75, 3.05) is 0 Å². The van der Waals surface area contributed by atoms with Crippen LogP contribution in [0.15, 0.2) is 36.4 Å². The summed E-state index contributed by atoms with van der Waals surface area (Å²) >= 11 is 0. The van der Waals surface area contributed by atoms with Gasteiger partial charge in [-0.05, 0) is 90.3 Å². The minimum Gasteiger partial charge on any atom is -0.204 e. The molecule has 0 aromatic heterocycles. The van der Waals surface area contributed by atoms with E-state index in [9.17, 15) is 8.78 Å². The topological polar surface area (TPSA) is 0 Å². The Bertz CT molecular complexity index is 824. The van der Waals surface area contributed by atoms with Gasteiger partial charge in [-0.2, -0.15) is 0 Å². The van der Waals surface area contributed by atoms with Gasteiger partial charge in [0.05, 0.1) is 0 Å². The fraction of sp³-hybridized carbons (Fsp3) is 0.440. The van der Waals surface area contributed by atoms with Crippen molar-refractivity contribution < 1.29 is 8.78 Å². The smallest absolute Gasteiger partial charge is 0.159 e. The summed E-state index contributed by atoms with van der Waals surface area (Å²) in [4.78, 5) is 0. The first-order valence-electron chi connectivity index (χ1n) is 10.4. The molecule has 2 aromatic carbocycles. The average molecular weight is 366 g/mol. The molecule has 2 aromatic rings. The molecular weight excluding hydrogens is 338 g/mol. The molecule has 0 bridgehead atoms. The number of allylic oxidation sites excluding steroid dienone is 1. The van der Waals surface area contributed by atoms with E-state index in [4.69, 9.17) is 0 Å². The molecule has 27 heavy (non-hydrogen) atoms. The van der Waals surface area contributed by atoms with E-state index in [1.54, 1.807) is 0 Å². The lowest BCUT2D eigenvalue weighted by Gasteiger charge is -2.28. The predicted molar refractivity (Wildman–Crippen MR) is 109 cm³/mol. The highest BCUT2D eigenvalue weighted by Crippen LogP contribution is 2.38. The molecule has 0 nitrogen and oxygen atoms in total. The first-order chi connectivity index (χ1) is 13.1. The molecule has 1 saturated carbocycles. The van der Waals surface area contributed by atoms with Gasteiger partial charge in [0.1, 0.15) is 0 Å². The molecule has 0 N–H and O–H groups in total. The van der Waals surface area contributed by atoms with Crippen LogP contribution in [0.2, 0.25) is 0 Å². The molecule has 142 valence electrons. The van der Waals surface area contributed by atoms with E-state index in [1.165, 1.54) is 67.4 Å². The van der Waals surface area contributed by atoms with Crippen molar-refractivity contribution >= 4 is 11.6 Å². The van der Waals surface area contributed by atoms with E-state index in [2.05, 4.69) is 31.2 Å². The average Bonchev–Trinajstić information content (AvgIpc) is 2.70. The summed E-state index contributed by atoms with van der Waals surface area (Å²) in [7, 11) is 0. The minimum atomic E-state index is -0.764. The first-order valence-corrected chi connectivity index (χ1v) is 10.4. The standard InChI is InChI=1S/C25H28F2/c1-2-3-17-4-6-18(7-5-17)19-8-10-20(11-9-19)21-12-13-22-15-24(26)25(27)16-23(22)14-21/h8-11,14-18H,2-7,12-13H2,1H3. The summed E-state index contributed by atoms with van der Waals surface area (Å²) in [6, 6.07) is 11.7. The maximum absolute atomic E-state index is 13.6. The van der Waals surface area contributed by atoms with E-state index >= 15 is 0 Å². The molecule has 0 aliphatic heterocycles. The molecular formula is C25H28F2. The Balaban J connectivity index is 1.48. The Morgan fingerprint density at radius 3 is 2.30 bits per heavy atom. The molecule has 0 spiro atoms. The van der Waals surface area contributed by atoms with Crippen molar-refractivity contribution in [1.29, 1.82) is 0 Å². The Kier molecular flexibility index (Phi) is 5.43. The number of rotatable bonds is 4. The lowest BCUT2D eigenvalue weighted by molar-refractivity contribution is 0.308. The van der Waals surface area contributed by atoms with Crippen LogP contribution >= 0.6 is 0 Å². The predicted octanol–water partition coefficient (Wildman–Crippen LogP) is 7.53. The van der Waals surface area contributed by atoms with Crippen LogP contribution in [0.1, 0.15) is 80.0 Å². The summed E-state index contributed by atoms with van der Waals surface area (Å²) in [5.41, 5.74) is 5.59. The Hall–Kier alpha value is -1.96. The second-order valence-corrected chi connectivity index (χ2v) is 8.26. The van der Waals surface area contributed by atoms with Crippen LogP contribution in [0.3, 0.4) is 0 Å². The van der Waals surface area contributed by atoms with Crippen molar-refractivity contribution in [3.8, 4) is 0 Å². The summed E-state index contributed by atoms with van der Waals surface area (Å²) in [5, 5.41) is 0. The highest BCUT2D eigenvalue weighted by molar-refractivity contribution is 5.84.